The molecular weight excluding hydrogens is 350 g/mol. The Morgan fingerprint density at radius 3 is 2.36 bits per heavy atom. The van der Waals surface area contributed by atoms with Gasteiger partial charge in [0, 0.05) is 11.5 Å². The summed E-state index contributed by atoms with van der Waals surface area (Å²) in [7, 11) is 0. The van der Waals surface area contributed by atoms with Gasteiger partial charge in [-0.3, -0.25) is 5.10 Å². The number of aromatic amines is 1. The largest absolute Gasteiger partial charge is 0.457 e. The van der Waals surface area contributed by atoms with Crippen LogP contribution in [0.5, 0.6) is 11.5 Å². The third-order valence-electron chi connectivity index (χ3n) is 5.38. The van der Waals surface area contributed by atoms with Crippen LogP contribution in [0, 0.1) is 0 Å². The van der Waals surface area contributed by atoms with E-state index in [2.05, 4.69) is 20.4 Å². The van der Waals surface area contributed by atoms with Crippen LogP contribution in [0.2, 0.25) is 0 Å². The van der Waals surface area contributed by atoms with E-state index in [1.54, 1.807) is 0 Å². The number of fused-ring (bicyclic) bond motifs is 1. The minimum atomic E-state index is 0.424. The van der Waals surface area contributed by atoms with Crippen LogP contribution < -0.4 is 10.5 Å². The van der Waals surface area contributed by atoms with Gasteiger partial charge in [-0.25, -0.2) is 0 Å². The van der Waals surface area contributed by atoms with Crippen molar-refractivity contribution in [2.24, 2.45) is 0 Å². The first-order valence-corrected chi connectivity index (χ1v) is 9.63. The van der Waals surface area contributed by atoms with Gasteiger partial charge in [-0.05, 0) is 49.2 Å². The first-order valence-electron chi connectivity index (χ1n) is 9.63. The van der Waals surface area contributed by atoms with E-state index < -0.39 is 0 Å². The van der Waals surface area contributed by atoms with Gasteiger partial charge in [0.1, 0.15) is 28.5 Å². The monoisotopic (exact) mass is 371 g/mol. The lowest BCUT2D eigenvalue weighted by molar-refractivity contribution is 0.483. The molecule has 2 aromatic carbocycles. The highest BCUT2D eigenvalue weighted by Gasteiger charge is 2.25. The van der Waals surface area contributed by atoms with Crippen LogP contribution in [-0.4, -0.2) is 20.4 Å². The minimum absolute atomic E-state index is 0.424. The van der Waals surface area contributed by atoms with Crippen molar-refractivity contribution in [1.29, 1.82) is 0 Å². The number of H-pyrrole nitrogens is 1. The Labute approximate surface area is 162 Å². The van der Waals surface area contributed by atoms with Crippen molar-refractivity contribution in [3.05, 3.63) is 60.3 Å². The van der Waals surface area contributed by atoms with Gasteiger partial charge in [-0.2, -0.15) is 10.2 Å². The summed E-state index contributed by atoms with van der Waals surface area (Å²) in [6, 6.07) is 17.5. The fourth-order valence-corrected chi connectivity index (χ4v) is 3.96. The highest BCUT2D eigenvalue weighted by Crippen LogP contribution is 2.39. The molecule has 6 heteroatoms. The van der Waals surface area contributed by atoms with E-state index in [1.165, 1.54) is 12.8 Å². The third kappa shape index (κ3) is 2.97. The molecule has 6 nitrogen and oxygen atoms in total. The van der Waals surface area contributed by atoms with Gasteiger partial charge in [0.15, 0.2) is 0 Å². The van der Waals surface area contributed by atoms with Gasteiger partial charge in [0.25, 0.3) is 0 Å². The molecule has 0 spiro atoms. The molecule has 1 aliphatic rings. The van der Waals surface area contributed by atoms with Crippen LogP contribution in [0.15, 0.2) is 54.6 Å². The highest BCUT2D eigenvalue weighted by atomic mass is 16.5. The lowest BCUT2D eigenvalue weighted by Gasteiger charge is -2.11. The smallest absolute Gasteiger partial charge is 0.129 e. The number of nitrogens with zero attached hydrogens (tertiary/aromatic N) is 3. The van der Waals surface area contributed by atoms with E-state index in [-0.39, 0.29) is 0 Å². The van der Waals surface area contributed by atoms with Gasteiger partial charge in [-0.15, -0.1) is 5.10 Å². The SMILES string of the molecule is Nc1[nH]nc2c(C3CCCC3)nnc(-c3ccc(Oc4ccccc4)cc3)c12. The molecule has 0 saturated heterocycles. The quantitative estimate of drug-likeness (QED) is 0.524. The number of anilines is 1. The second-order valence-electron chi connectivity index (χ2n) is 7.22. The van der Waals surface area contributed by atoms with E-state index in [9.17, 15) is 0 Å². The number of hydrogen-bond acceptors (Lipinski definition) is 5. The van der Waals surface area contributed by atoms with Crippen LogP contribution in [0.3, 0.4) is 0 Å². The Hall–Kier alpha value is -3.41. The number of nitrogen functional groups attached to an aromatic ring is 1. The molecule has 2 heterocycles. The molecule has 4 aromatic rings. The van der Waals surface area contributed by atoms with E-state index in [0.29, 0.717) is 11.7 Å². The van der Waals surface area contributed by atoms with E-state index in [1.807, 2.05) is 54.6 Å². The second-order valence-corrected chi connectivity index (χ2v) is 7.22. The summed E-state index contributed by atoms with van der Waals surface area (Å²) in [5.41, 5.74) is 9.69. The number of ether oxygens (including phenoxy) is 1. The van der Waals surface area contributed by atoms with E-state index >= 15 is 0 Å². The topological polar surface area (TPSA) is 89.7 Å². The maximum Gasteiger partial charge on any atom is 0.129 e. The first-order chi connectivity index (χ1) is 13.8. The van der Waals surface area contributed by atoms with Gasteiger partial charge in [0.05, 0.1) is 11.1 Å². The molecule has 3 N–H and O–H groups in total. The molecule has 28 heavy (non-hydrogen) atoms. The number of benzene rings is 2. The Morgan fingerprint density at radius 1 is 0.893 bits per heavy atom. The number of nitrogens with two attached hydrogens (primary N) is 1. The first kappa shape index (κ1) is 16.7. The Bertz CT molecular complexity index is 1100. The summed E-state index contributed by atoms with van der Waals surface area (Å²) in [5, 5.41) is 17.3. The van der Waals surface area contributed by atoms with Crippen molar-refractivity contribution in [3.8, 4) is 22.8 Å². The van der Waals surface area contributed by atoms with Crippen LogP contribution in [0.25, 0.3) is 22.2 Å². The highest BCUT2D eigenvalue weighted by molar-refractivity contribution is 6.00. The maximum absolute atomic E-state index is 6.20. The lowest BCUT2D eigenvalue weighted by atomic mass is 10.00. The molecule has 1 aliphatic carbocycles. The van der Waals surface area contributed by atoms with Gasteiger partial charge in [-0.1, -0.05) is 31.0 Å². The summed E-state index contributed by atoms with van der Waals surface area (Å²) < 4.78 is 5.87. The average Bonchev–Trinajstić information content (AvgIpc) is 3.40. The Morgan fingerprint density at radius 2 is 1.61 bits per heavy atom. The summed E-state index contributed by atoms with van der Waals surface area (Å²) in [5.74, 6) is 2.52. The number of aromatic nitrogens is 4. The number of nitrogens with one attached hydrogen (secondary N) is 1. The predicted molar refractivity (Wildman–Crippen MR) is 109 cm³/mol. The molecular formula is C22H21N5O. The summed E-state index contributed by atoms with van der Waals surface area (Å²) in [6.07, 6.45) is 4.75. The zero-order valence-electron chi connectivity index (χ0n) is 15.4. The van der Waals surface area contributed by atoms with Crippen LogP contribution >= 0.6 is 0 Å². The second kappa shape index (κ2) is 6.96. The summed E-state index contributed by atoms with van der Waals surface area (Å²) in [4.78, 5) is 0. The fourth-order valence-electron chi connectivity index (χ4n) is 3.96. The predicted octanol–water partition coefficient (Wildman–Crippen LogP) is 5.05. The summed E-state index contributed by atoms with van der Waals surface area (Å²) in [6.45, 7) is 0. The van der Waals surface area contributed by atoms with Crippen molar-refractivity contribution in [2.45, 2.75) is 31.6 Å². The normalized spacial score (nSPS) is 14.6. The van der Waals surface area contributed by atoms with Crippen molar-refractivity contribution in [1.82, 2.24) is 20.4 Å². The molecule has 0 aliphatic heterocycles. The van der Waals surface area contributed by atoms with Crippen LogP contribution in [0.1, 0.15) is 37.3 Å². The van der Waals surface area contributed by atoms with Gasteiger partial charge >= 0.3 is 0 Å². The number of rotatable bonds is 4. The van der Waals surface area contributed by atoms with Crippen molar-refractivity contribution >= 4 is 16.7 Å². The lowest BCUT2D eigenvalue weighted by Crippen LogP contribution is -2.02. The van der Waals surface area contributed by atoms with Gasteiger partial charge in [0.2, 0.25) is 0 Å². The number of para-hydroxylation sites is 1. The van der Waals surface area contributed by atoms with Crippen molar-refractivity contribution in [3.63, 3.8) is 0 Å². The maximum atomic E-state index is 6.20. The molecule has 0 bridgehead atoms. The van der Waals surface area contributed by atoms with E-state index in [0.717, 1.165) is 52.2 Å². The van der Waals surface area contributed by atoms with Crippen molar-refractivity contribution in [2.75, 3.05) is 5.73 Å². The van der Waals surface area contributed by atoms with Crippen molar-refractivity contribution < 1.29 is 4.74 Å². The molecule has 0 unspecified atom stereocenters. The standard InChI is InChI=1S/C22H21N5O/c23-22-18-19(24-25-20(21(18)26-27-22)14-6-4-5-7-14)15-10-12-17(13-11-15)28-16-8-2-1-3-9-16/h1-3,8-14H,4-7H2,(H3,23,26,27). The zero-order chi connectivity index (χ0) is 18.9. The molecule has 0 radical (unpaired) electrons. The third-order valence-corrected chi connectivity index (χ3v) is 5.38. The number of hydrogen-bond donors (Lipinski definition) is 2. The summed E-state index contributed by atoms with van der Waals surface area (Å²) >= 11 is 0. The fraction of sp³-hybridized carbons (Fsp3) is 0.227. The Balaban J connectivity index is 1.51. The Kier molecular flexibility index (Phi) is 4.16. The molecule has 1 fully saturated rings. The molecule has 0 amide bonds. The zero-order valence-corrected chi connectivity index (χ0v) is 15.4. The average molecular weight is 371 g/mol. The van der Waals surface area contributed by atoms with Gasteiger partial charge < -0.3 is 10.5 Å². The molecule has 0 atom stereocenters. The molecule has 2 aromatic heterocycles. The minimum Gasteiger partial charge on any atom is -0.457 e. The molecule has 140 valence electrons. The molecule has 5 rings (SSSR count). The van der Waals surface area contributed by atoms with Crippen LogP contribution in [0.4, 0.5) is 5.82 Å². The van der Waals surface area contributed by atoms with E-state index in [4.69, 9.17) is 10.5 Å². The molecule has 1 saturated carbocycles. The van der Waals surface area contributed by atoms with Crippen LogP contribution in [-0.2, 0) is 0 Å².